The monoisotopic (exact) mass is 416 g/mol. The van der Waals surface area contributed by atoms with E-state index in [1.165, 1.54) is 25.2 Å². The first-order valence-electron chi connectivity index (χ1n) is 10.8. The van der Waals surface area contributed by atoms with Crippen LogP contribution in [0.15, 0.2) is 65.1 Å². The Hall–Kier alpha value is -3.18. The van der Waals surface area contributed by atoms with Crippen molar-refractivity contribution in [1.82, 2.24) is 9.88 Å². The van der Waals surface area contributed by atoms with Gasteiger partial charge in [-0.25, -0.2) is 9.78 Å². The minimum atomic E-state index is -0.343. The van der Waals surface area contributed by atoms with Crippen LogP contribution < -0.4 is 0 Å². The second-order valence-corrected chi connectivity index (χ2v) is 7.86. The summed E-state index contributed by atoms with van der Waals surface area (Å²) >= 11 is 0. The van der Waals surface area contributed by atoms with Crippen LogP contribution in [0.5, 0.6) is 0 Å². The van der Waals surface area contributed by atoms with E-state index in [1.54, 1.807) is 6.08 Å². The average molecular weight is 417 g/mol. The average Bonchev–Trinajstić information content (AvgIpc) is 3.43. The van der Waals surface area contributed by atoms with E-state index < -0.39 is 0 Å². The number of hydrogen-bond acceptors (Lipinski definition) is 5. The number of aromatic nitrogens is 1. The molecule has 1 aliphatic rings. The van der Waals surface area contributed by atoms with Gasteiger partial charge in [-0.05, 0) is 55.6 Å². The summed E-state index contributed by atoms with van der Waals surface area (Å²) in [4.78, 5) is 18.6. The molecule has 0 bridgehead atoms. The highest BCUT2D eigenvalue weighted by Gasteiger charge is 2.26. The molecule has 1 aliphatic heterocycles. The van der Waals surface area contributed by atoms with Crippen molar-refractivity contribution in [1.29, 1.82) is 0 Å². The van der Waals surface area contributed by atoms with Crippen LogP contribution in [0.25, 0.3) is 17.5 Å². The lowest BCUT2D eigenvalue weighted by Crippen LogP contribution is -2.26. The predicted molar refractivity (Wildman–Crippen MR) is 121 cm³/mol. The number of benzene rings is 2. The third-order valence-electron chi connectivity index (χ3n) is 5.85. The lowest BCUT2D eigenvalue weighted by atomic mass is 10.0. The molecule has 3 aromatic rings. The SMILES string of the molecule is COC(=O)C=Cc1ccc([C@@H]2CCCN2CCc2nc(-c3ccccc3)oc2C)cc1. The standard InChI is InChI=1S/C26H28N2O3/c1-19-23(27-26(31-19)22-7-4-3-5-8-22)16-18-28-17-6-9-24(28)21-13-10-20(11-14-21)12-15-25(29)30-2/h3-5,7-8,10-15,24H,6,9,16-18H2,1-2H3/t24-/m0/s1. The molecular weight excluding hydrogens is 388 g/mol. The van der Waals surface area contributed by atoms with E-state index in [1.807, 2.05) is 37.3 Å². The number of carbonyl (C=O) groups is 1. The van der Waals surface area contributed by atoms with Gasteiger partial charge in [0.1, 0.15) is 5.76 Å². The van der Waals surface area contributed by atoms with Gasteiger partial charge in [-0.1, -0.05) is 42.5 Å². The topological polar surface area (TPSA) is 55.6 Å². The zero-order chi connectivity index (χ0) is 21.6. The summed E-state index contributed by atoms with van der Waals surface area (Å²) in [5, 5.41) is 0. The summed E-state index contributed by atoms with van der Waals surface area (Å²) in [5.41, 5.74) is 4.35. The third kappa shape index (κ3) is 5.12. The van der Waals surface area contributed by atoms with Crippen molar-refractivity contribution in [3.8, 4) is 11.5 Å². The molecule has 160 valence electrons. The van der Waals surface area contributed by atoms with Crippen molar-refractivity contribution in [2.45, 2.75) is 32.2 Å². The Bertz CT molecular complexity index is 1040. The van der Waals surface area contributed by atoms with E-state index in [0.29, 0.717) is 11.9 Å². The van der Waals surface area contributed by atoms with Gasteiger partial charge in [0.15, 0.2) is 0 Å². The van der Waals surface area contributed by atoms with Gasteiger partial charge < -0.3 is 9.15 Å². The Labute approximate surface area is 183 Å². The van der Waals surface area contributed by atoms with E-state index in [-0.39, 0.29) is 5.97 Å². The van der Waals surface area contributed by atoms with Gasteiger partial charge in [-0.15, -0.1) is 0 Å². The number of aryl methyl sites for hydroxylation is 1. The fourth-order valence-electron chi connectivity index (χ4n) is 4.15. The first-order valence-corrected chi connectivity index (χ1v) is 10.8. The number of hydrogen-bond donors (Lipinski definition) is 0. The summed E-state index contributed by atoms with van der Waals surface area (Å²) in [7, 11) is 1.38. The quantitative estimate of drug-likeness (QED) is 0.391. The Morgan fingerprint density at radius 2 is 1.97 bits per heavy atom. The van der Waals surface area contributed by atoms with Crippen molar-refractivity contribution >= 4 is 12.0 Å². The molecule has 0 radical (unpaired) electrons. The maximum Gasteiger partial charge on any atom is 0.330 e. The second kappa shape index (κ2) is 9.75. The molecule has 0 spiro atoms. The Balaban J connectivity index is 1.40. The molecule has 2 aromatic carbocycles. The van der Waals surface area contributed by atoms with E-state index in [9.17, 15) is 4.79 Å². The number of nitrogens with zero attached hydrogens (tertiary/aromatic N) is 2. The normalized spacial score (nSPS) is 16.8. The van der Waals surface area contributed by atoms with Gasteiger partial charge in [0, 0.05) is 30.6 Å². The summed E-state index contributed by atoms with van der Waals surface area (Å²) in [6.07, 6.45) is 6.45. The Kier molecular flexibility index (Phi) is 6.63. The largest absolute Gasteiger partial charge is 0.466 e. The summed E-state index contributed by atoms with van der Waals surface area (Å²) < 4.78 is 10.6. The van der Waals surface area contributed by atoms with E-state index in [2.05, 4.69) is 33.9 Å². The van der Waals surface area contributed by atoms with Crippen LogP contribution in [0.1, 0.15) is 41.5 Å². The molecule has 0 amide bonds. The number of carbonyl (C=O) groups excluding carboxylic acids is 1. The molecule has 5 nitrogen and oxygen atoms in total. The fourth-order valence-corrected chi connectivity index (χ4v) is 4.15. The number of ether oxygens (including phenoxy) is 1. The maximum absolute atomic E-state index is 11.3. The lowest BCUT2D eigenvalue weighted by Gasteiger charge is -2.24. The fraction of sp³-hybridized carbons (Fsp3) is 0.308. The lowest BCUT2D eigenvalue weighted by molar-refractivity contribution is -0.134. The molecule has 2 heterocycles. The van der Waals surface area contributed by atoms with E-state index >= 15 is 0 Å². The smallest absolute Gasteiger partial charge is 0.330 e. The first-order chi connectivity index (χ1) is 15.1. The zero-order valence-corrected chi connectivity index (χ0v) is 18.1. The molecule has 0 N–H and O–H groups in total. The number of likely N-dealkylation sites (tertiary alicyclic amines) is 1. The second-order valence-electron chi connectivity index (χ2n) is 7.86. The van der Waals surface area contributed by atoms with Gasteiger partial charge in [0.2, 0.25) is 5.89 Å². The molecule has 0 aliphatic carbocycles. The van der Waals surface area contributed by atoms with Crippen LogP contribution in [0.2, 0.25) is 0 Å². The van der Waals surface area contributed by atoms with Crippen molar-refractivity contribution < 1.29 is 13.9 Å². The van der Waals surface area contributed by atoms with Crippen molar-refractivity contribution in [2.75, 3.05) is 20.2 Å². The summed E-state index contributed by atoms with van der Waals surface area (Å²) in [5.74, 6) is 1.25. The zero-order valence-electron chi connectivity index (χ0n) is 18.1. The van der Waals surface area contributed by atoms with Gasteiger partial charge >= 0.3 is 5.97 Å². The molecule has 1 atom stereocenters. The van der Waals surface area contributed by atoms with E-state index in [4.69, 9.17) is 9.40 Å². The van der Waals surface area contributed by atoms with Gasteiger partial charge in [-0.2, -0.15) is 0 Å². The maximum atomic E-state index is 11.3. The van der Waals surface area contributed by atoms with Crippen LogP contribution in [-0.2, 0) is 16.0 Å². The number of esters is 1. The highest BCUT2D eigenvalue weighted by Crippen LogP contribution is 2.32. The molecule has 1 fully saturated rings. The van der Waals surface area contributed by atoms with Crippen LogP contribution in [0.4, 0.5) is 0 Å². The Morgan fingerprint density at radius 3 is 2.71 bits per heavy atom. The molecule has 0 unspecified atom stereocenters. The summed E-state index contributed by atoms with van der Waals surface area (Å²) in [6.45, 7) is 4.05. The molecule has 0 saturated carbocycles. The molecule has 4 rings (SSSR count). The number of methoxy groups -OCH3 is 1. The van der Waals surface area contributed by atoms with Crippen LogP contribution >= 0.6 is 0 Å². The molecule has 1 saturated heterocycles. The highest BCUT2D eigenvalue weighted by molar-refractivity contribution is 5.86. The van der Waals surface area contributed by atoms with Gasteiger partial charge in [-0.3, -0.25) is 4.90 Å². The van der Waals surface area contributed by atoms with Crippen molar-refractivity contribution in [3.63, 3.8) is 0 Å². The van der Waals surface area contributed by atoms with Gasteiger partial charge in [0.05, 0.1) is 12.8 Å². The number of oxazole rings is 1. The predicted octanol–water partition coefficient (Wildman–Crippen LogP) is 5.22. The third-order valence-corrected chi connectivity index (χ3v) is 5.85. The van der Waals surface area contributed by atoms with Crippen LogP contribution in [-0.4, -0.2) is 36.1 Å². The minimum Gasteiger partial charge on any atom is -0.466 e. The summed E-state index contributed by atoms with van der Waals surface area (Å²) in [6, 6.07) is 18.9. The molecular formula is C26H28N2O3. The van der Waals surface area contributed by atoms with Crippen LogP contribution in [0, 0.1) is 6.92 Å². The van der Waals surface area contributed by atoms with E-state index in [0.717, 1.165) is 48.5 Å². The highest BCUT2D eigenvalue weighted by atomic mass is 16.5. The molecule has 1 aromatic heterocycles. The van der Waals surface area contributed by atoms with Crippen molar-refractivity contribution in [2.24, 2.45) is 0 Å². The van der Waals surface area contributed by atoms with Gasteiger partial charge in [0.25, 0.3) is 0 Å². The van der Waals surface area contributed by atoms with Crippen molar-refractivity contribution in [3.05, 3.63) is 83.3 Å². The number of rotatable bonds is 7. The van der Waals surface area contributed by atoms with Crippen LogP contribution in [0.3, 0.4) is 0 Å². The molecule has 31 heavy (non-hydrogen) atoms. The first kappa shape index (κ1) is 21.1. The minimum absolute atomic E-state index is 0.343. The molecule has 5 heteroatoms. The Morgan fingerprint density at radius 1 is 1.19 bits per heavy atom.